The van der Waals surface area contributed by atoms with Gasteiger partial charge in [0.1, 0.15) is 0 Å². The molecule has 2 fully saturated rings. The fraction of sp³-hybridized carbons (Fsp3) is 0.692. The Morgan fingerprint density at radius 1 is 1.31 bits per heavy atom. The van der Waals surface area contributed by atoms with Crippen LogP contribution in [0.1, 0.15) is 24.1 Å². The summed E-state index contributed by atoms with van der Waals surface area (Å²) in [6, 6.07) is 4.55. The first-order chi connectivity index (χ1) is 7.89. The predicted octanol–water partition coefficient (Wildman–Crippen LogP) is 2.07. The van der Waals surface area contributed by atoms with E-state index in [1.807, 2.05) is 11.3 Å². The van der Waals surface area contributed by atoms with Crippen LogP contribution < -0.4 is 5.32 Å². The Hall–Kier alpha value is -0.380. The molecule has 1 N–H and O–H groups in total. The molecule has 1 aromatic rings. The van der Waals surface area contributed by atoms with Crippen molar-refractivity contribution >= 4 is 11.3 Å². The molecule has 2 heterocycles. The topological polar surface area (TPSA) is 15.3 Å². The summed E-state index contributed by atoms with van der Waals surface area (Å²) in [5.74, 6) is 0. The molecule has 1 saturated carbocycles. The molecule has 0 spiro atoms. The Morgan fingerprint density at radius 3 is 2.69 bits per heavy atom. The second-order valence-corrected chi connectivity index (χ2v) is 6.09. The first kappa shape index (κ1) is 10.8. The van der Waals surface area contributed by atoms with Gasteiger partial charge in [0.05, 0.1) is 0 Å². The van der Waals surface area contributed by atoms with Gasteiger partial charge in [-0.1, -0.05) is 12.5 Å². The molecule has 3 rings (SSSR count). The van der Waals surface area contributed by atoms with Crippen molar-refractivity contribution in [2.45, 2.75) is 24.7 Å². The van der Waals surface area contributed by atoms with Gasteiger partial charge in [-0.15, -0.1) is 11.3 Å². The smallest absolute Gasteiger partial charge is 0.0174 e. The van der Waals surface area contributed by atoms with Crippen molar-refractivity contribution in [1.82, 2.24) is 10.2 Å². The number of nitrogens with zero attached hydrogens (tertiary/aromatic N) is 1. The van der Waals surface area contributed by atoms with Crippen molar-refractivity contribution in [2.24, 2.45) is 0 Å². The quantitative estimate of drug-likeness (QED) is 0.864. The van der Waals surface area contributed by atoms with Gasteiger partial charge < -0.3 is 5.32 Å². The number of hydrogen-bond acceptors (Lipinski definition) is 3. The molecule has 1 saturated heterocycles. The van der Waals surface area contributed by atoms with Crippen molar-refractivity contribution in [1.29, 1.82) is 0 Å². The van der Waals surface area contributed by atoms with E-state index in [2.05, 4.69) is 27.7 Å². The minimum absolute atomic E-state index is 0.519. The van der Waals surface area contributed by atoms with Crippen LogP contribution in [0.5, 0.6) is 0 Å². The maximum absolute atomic E-state index is 3.43. The van der Waals surface area contributed by atoms with Crippen LogP contribution >= 0.6 is 11.3 Å². The Kier molecular flexibility index (Phi) is 3.01. The summed E-state index contributed by atoms with van der Waals surface area (Å²) in [5.41, 5.74) is 0.519. The first-order valence-electron chi connectivity index (χ1n) is 6.36. The van der Waals surface area contributed by atoms with Crippen LogP contribution in [0.15, 0.2) is 17.5 Å². The third kappa shape index (κ3) is 1.92. The Labute approximate surface area is 102 Å². The summed E-state index contributed by atoms with van der Waals surface area (Å²) < 4.78 is 0. The molecule has 3 heteroatoms. The van der Waals surface area contributed by atoms with Gasteiger partial charge in [0.15, 0.2) is 0 Å². The highest BCUT2D eigenvalue weighted by molar-refractivity contribution is 7.10. The van der Waals surface area contributed by atoms with E-state index in [0.29, 0.717) is 5.41 Å². The predicted molar refractivity (Wildman–Crippen MR) is 69.2 cm³/mol. The SMILES string of the molecule is c1csc(C2(CN3CCNCC3)CCC2)c1. The number of nitrogens with one attached hydrogen (secondary N) is 1. The van der Waals surface area contributed by atoms with E-state index in [1.54, 1.807) is 4.88 Å². The van der Waals surface area contributed by atoms with Gasteiger partial charge in [-0.05, 0) is 24.3 Å². The minimum Gasteiger partial charge on any atom is -0.314 e. The molecule has 1 aliphatic carbocycles. The maximum Gasteiger partial charge on any atom is 0.0174 e. The summed E-state index contributed by atoms with van der Waals surface area (Å²) in [7, 11) is 0. The van der Waals surface area contributed by atoms with E-state index in [4.69, 9.17) is 0 Å². The standard InChI is InChI=1S/C13H20N2S/c1-3-12(16-10-1)13(4-2-5-13)11-15-8-6-14-7-9-15/h1,3,10,14H,2,4-9,11H2. The number of hydrogen-bond donors (Lipinski definition) is 1. The molecule has 0 unspecified atom stereocenters. The highest BCUT2D eigenvalue weighted by Crippen LogP contribution is 2.46. The van der Waals surface area contributed by atoms with E-state index in [1.165, 1.54) is 52.0 Å². The molecule has 0 aromatic carbocycles. The van der Waals surface area contributed by atoms with Gasteiger partial charge >= 0.3 is 0 Å². The number of piperazine rings is 1. The highest BCUT2D eigenvalue weighted by atomic mass is 32.1. The van der Waals surface area contributed by atoms with Gasteiger partial charge in [-0.25, -0.2) is 0 Å². The summed E-state index contributed by atoms with van der Waals surface area (Å²) in [4.78, 5) is 4.27. The molecule has 0 bridgehead atoms. The maximum atomic E-state index is 3.43. The molecular formula is C13H20N2S. The highest BCUT2D eigenvalue weighted by Gasteiger charge is 2.40. The zero-order valence-corrected chi connectivity index (χ0v) is 10.6. The van der Waals surface area contributed by atoms with Gasteiger partial charge in [0.25, 0.3) is 0 Å². The van der Waals surface area contributed by atoms with Gasteiger partial charge in [0.2, 0.25) is 0 Å². The summed E-state index contributed by atoms with van der Waals surface area (Å²) >= 11 is 1.95. The third-order valence-electron chi connectivity index (χ3n) is 4.09. The first-order valence-corrected chi connectivity index (χ1v) is 7.24. The van der Waals surface area contributed by atoms with Crippen molar-refractivity contribution in [3.05, 3.63) is 22.4 Å². The van der Waals surface area contributed by atoms with Crippen LogP contribution in [0.3, 0.4) is 0 Å². The third-order valence-corrected chi connectivity index (χ3v) is 5.21. The second kappa shape index (κ2) is 4.47. The Bertz CT molecular complexity index is 324. The molecule has 16 heavy (non-hydrogen) atoms. The van der Waals surface area contributed by atoms with E-state index in [-0.39, 0.29) is 0 Å². The van der Waals surface area contributed by atoms with Gasteiger partial charge in [-0.2, -0.15) is 0 Å². The molecule has 0 radical (unpaired) electrons. The largest absolute Gasteiger partial charge is 0.314 e. The average molecular weight is 236 g/mol. The zero-order chi connectivity index (χ0) is 10.8. The molecule has 2 aliphatic rings. The lowest BCUT2D eigenvalue weighted by Crippen LogP contribution is -2.51. The fourth-order valence-corrected chi connectivity index (χ4v) is 3.94. The van der Waals surface area contributed by atoms with E-state index < -0.39 is 0 Å². The number of thiophene rings is 1. The molecule has 88 valence electrons. The molecule has 1 aromatic heterocycles. The lowest BCUT2D eigenvalue weighted by Gasteiger charge is -2.45. The van der Waals surface area contributed by atoms with Gasteiger partial charge in [-0.3, -0.25) is 4.90 Å². The van der Waals surface area contributed by atoms with Crippen LogP contribution in [0, 0.1) is 0 Å². The van der Waals surface area contributed by atoms with Crippen LogP contribution in [-0.4, -0.2) is 37.6 Å². The molecule has 0 atom stereocenters. The van der Waals surface area contributed by atoms with Crippen LogP contribution in [0.2, 0.25) is 0 Å². The van der Waals surface area contributed by atoms with Crippen molar-refractivity contribution in [3.8, 4) is 0 Å². The normalized spacial score (nSPS) is 25.2. The van der Waals surface area contributed by atoms with E-state index >= 15 is 0 Å². The monoisotopic (exact) mass is 236 g/mol. The summed E-state index contributed by atoms with van der Waals surface area (Å²) in [6.45, 7) is 6.08. The van der Waals surface area contributed by atoms with Crippen LogP contribution in [0.25, 0.3) is 0 Å². The van der Waals surface area contributed by atoms with Crippen molar-refractivity contribution in [3.63, 3.8) is 0 Å². The summed E-state index contributed by atoms with van der Waals surface area (Å²) in [5, 5.41) is 5.66. The van der Waals surface area contributed by atoms with Crippen LogP contribution in [-0.2, 0) is 5.41 Å². The Morgan fingerprint density at radius 2 is 2.12 bits per heavy atom. The Balaban J connectivity index is 1.70. The van der Waals surface area contributed by atoms with E-state index in [9.17, 15) is 0 Å². The molecule has 1 aliphatic heterocycles. The number of rotatable bonds is 3. The minimum atomic E-state index is 0.519. The molecular weight excluding hydrogens is 216 g/mol. The van der Waals surface area contributed by atoms with Gasteiger partial charge in [0, 0.05) is 43.0 Å². The molecule has 2 nitrogen and oxygen atoms in total. The van der Waals surface area contributed by atoms with Crippen molar-refractivity contribution < 1.29 is 0 Å². The molecule has 0 amide bonds. The second-order valence-electron chi connectivity index (χ2n) is 5.14. The lowest BCUT2D eigenvalue weighted by molar-refractivity contribution is 0.131. The zero-order valence-electron chi connectivity index (χ0n) is 9.74. The van der Waals surface area contributed by atoms with Crippen molar-refractivity contribution in [2.75, 3.05) is 32.7 Å². The summed E-state index contributed by atoms with van der Waals surface area (Å²) in [6.07, 6.45) is 4.22. The average Bonchev–Trinajstić information content (AvgIpc) is 2.78. The lowest BCUT2D eigenvalue weighted by atomic mass is 9.67. The van der Waals surface area contributed by atoms with Crippen LogP contribution in [0.4, 0.5) is 0 Å². The van der Waals surface area contributed by atoms with E-state index in [0.717, 1.165) is 0 Å². The fourth-order valence-electron chi connectivity index (χ4n) is 2.96.